The largest absolute Gasteiger partial charge is 0.387 e. The van der Waals surface area contributed by atoms with Crippen molar-refractivity contribution in [2.24, 2.45) is 0 Å². The lowest BCUT2D eigenvalue weighted by Crippen LogP contribution is -2.62. The summed E-state index contributed by atoms with van der Waals surface area (Å²) in [5.74, 6) is 0. The third kappa shape index (κ3) is 31.4. The van der Waals surface area contributed by atoms with Gasteiger partial charge in [0.15, 0.2) is 37.7 Å². The molecule has 0 aromatic carbocycles. The smallest absolute Gasteiger partial charge is 0.333 e. The lowest BCUT2D eigenvalue weighted by molar-refractivity contribution is -0.342. The van der Waals surface area contributed by atoms with Crippen molar-refractivity contribution < 1.29 is 196 Å². The molecule has 0 amide bonds. The van der Waals surface area contributed by atoms with Crippen molar-refractivity contribution >= 4 is 15.2 Å². The van der Waals surface area contributed by atoms with Crippen LogP contribution in [0, 0.1) is 0 Å². The molecule has 32 atom stereocenters. The molecule has 112 heavy (non-hydrogen) atoms. The van der Waals surface area contributed by atoms with E-state index in [0.29, 0.717) is 64.8 Å². The number of rotatable bonds is 42. The highest BCUT2D eigenvalue weighted by Crippen LogP contribution is 2.56. The van der Waals surface area contributed by atoms with Crippen molar-refractivity contribution in [1.82, 2.24) is 0 Å². The Bertz CT molecular complexity index is 2520. The quantitative estimate of drug-likeness (QED) is 0.0208. The van der Waals surface area contributed by atoms with Gasteiger partial charge in [0.2, 0.25) is 0 Å². The van der Waals surface area contributed by atoms with Gasteiger partial charge in [-0.15, -0.1) is 0 Å². The van der Waals surface area contributed by atoms with E-state index < -0.39 is 236 Å². The highest BCUT2D eigenvalue weighted by molar-refractivity contribution is 7.54. The summed E-state index contributed by atoms with van der Waals surface area (Å²) < 4.78 is 125. The molecular formula is C70H134O40P2. The standard InChI is InChI=1S/2C35H67O20P/c1-34(2,3)51-14-11-10-12-47-16-19-22(36)25(39)29(43)32(53-19)49-18-21-24(38)27(41)30(44)33(55-21)50-17-20-23(37)26(40)28(42)31(54-20)48-13-8-7-9-15-52-56(45,46)35(4,5)6;1-34(2,3)51-14-9-7-8-13-48-31-28(42)26(40)23(37)20(54-31)17-50-33-30(44)27(41)24(38)21(55-33)18-49-32-29(43)25(39)22(36)19(53-32)16-47-12-10-11-15-52-56(45,46)35(4,5)6/h2*19-33,36-44H,7-18H2,1-6H3,(H,45,46). The molecule has 0 aromatic heterocycles. The van der Waals surface area contributed by atoms with Crippen molar-refractivity contribution in [3.8, 4) is 0 Å². The van der Waals surface area contributed by atoms with Crippen molar-refractivity contribution in [2.75, 3.05) is 92.5 Å². The van der Waals surface area contributed by atoms with Gasteiger partial charge in [-0.2, -0.15) is 0 Å². The van der Waals surface area contributed by atoms with E-state index in [1.54, 1.807) is 41.5 Å². The normalized spacial score (nSPS) is 38.4. The fourth-order valence-electron chi connectivity index (χ4n) is 11.6. The van der Waals surface area contributed by atoms with Gasteiger partial charge in [0.1, 0.15) is 146 Å². The minimum absolute atomic E-state index is 0.0267. The Hall–Kier alpha value is -1.06. The van der Waals surface area contributed by atoms with Crippen molar-refractivity contribution in [2.45, 2.75) is 353 Å². The molecule has 0 aromatic rings. The maximum Gasteiger partial charge on any atom is 0.333 e. The first-order valence-electron chi connectivity index (χ1n) is 38.4. The minimum Gasteiger partial charge on any atom is -0.387 e. The predicted octanol–water partition coefficient (Wildman–Crippen LogP) is -3.52. The number of ether oxygens (including phenoxy) is 16. The van der Waals surface area contributed by atoms with Gasteiger partial charge in [0, 0.05) is 39.6 Å². The first-order valence-corrected chi connectivity index (χ1v) is 41.5. The molecule has 20 N–H and O–H groups in total. The molecule has 6 heterocycles. The molecule has 42 heteroatoms. The van der Waals surface area contributed by atoms with Crippen LogP contribution >= 0.6 is 15.2 Å². The first kappa shape index (κ1) is 101. The van der Waals surface area contributed by atoms with Gasteiger partial charge >= 0.3 is 15.2 Å². The van der Waals surface area contributed by atoms with Gasteiger partial charge < -0.3 is 187 Å². The van der Waals surface area contributed by atoms with Crippen LogP contribution in [0.2, 0.25) is 0 Å². The van der Waals surface area contributed by atoms with Gasteiger partial charge in [-0.25, -0.2) is 0 Å². The third-order valence-electron chi connectivity index (χ3n) is 19.1. The van der Waals surface area contributed by atoms with Crippen LogP contribution in [0.15, 0.2) is 0 Å². The highest BCUT2D eigenvalue weighted by Gasteiger charge is 2.53. The second-order valence-corrected chi connectivity index (χ2v) is 38.1. The molecule has 6 fully saturated rings. The molecule has 40 nitrogen and oxygen atoms in total. The van der Waals surface area contributed by atoms with E-state index in [-0.39, 0.29) is 57.5 Å². The van der Waals surface area contributed by atoms with Gasteiger partial charge in [-0.3, -0.25) is 9.13 Å². The Kier molecular flexibility index (Phi) is 42.4. The fourth-order valence-corrected chi connectivity index (χ4v) is 13.1. The van der Waals surface area contributed by atoms with Crippen molar-refractivity contribution in [3.05, 3.63) is 0 Å². The third-order valence-corrected chi connectivity index (χ3v) is 23.5. The average Bonchev–Trinajstić information content (AvgIpc) is 0.799. The molecule has 6 aliphatic rings. The van der Waals surface area contributed by atoms with E-state index in [4.69, 9.17) is 84.8 Å². The number of aliphatic hydroxyl groups is 18. The molecule has 0 bridgehead atoms. The van der Waals surface area contributed by atoms with Crippen molar-refractivity contribution in [1.29, 1.82) is 0 Å². The molecule has 6 saturated heterocycles. The van der Waals surface area contributed by atoms with E-state index in [2.05, 4.69) is 0 Å². The summed E-state index contributed by atoms with van der Waals surface area (Å²) in [7, 11) is -7.58. The first-order chi connectivity index (χ1) is 52.1. The Morgan fingerprint density at radius 3 is 0.679 bits per heavy atom. The Labute approximate surface area is 654 Å². The Morgan fingerprint density at radius 2 is 0.438 bits per heavy atom. The van der Waals surface area contributed by atoms with Crippen LogP contribution < -0.4 is 0 Å². The molecule has 6 rings (SSSR count). The summed E-state index contributed by atoms with van der Waals surface area (Å²) in [6, 6.07) is 0. The average molecular weight is 1680 g/mol. The zero-order valence-corrected chi connectivity index (χ0v) is 68.1. The Balaban J connectivity index is 0.000000400. The monoisotopic (exact) mass is 1680 g/mol. The maximum atomic E-state index is 12.2. The molecule has 0 saturated carbocycles. The Morgan fingerprint density at radius 1 is 0.241 bits per heavy atom. The molecule has 6 aliphatic heterocycles. The molecular weight excluding hydrogens is 1540 g/mol. The van der Waals surface area contributed by atoms with E-state index in [1.165, 1.54) is 0 Å². The minimum atomic E-state index is -3.79. The second-order valence-electron chi connectivity index (χ2n) is 32.8. The lowest BCUT2D eigenvalue weighted by atomic mass is 9.98. The zero-order chi connectivity index (χ0) is 84.0. The van der Waals surface area contributed by atoms with Gasteiger partial charge in [-0.1, -0.05) is 0 Å². The van der Waals surface area contributed by atoms with Crippen LogP contribution in [0.4, 0.5) is 0 Å². The zero-order valence-electron chi connectivity index (χ0n) is 66.3. The SMILES string of the molecule is CC(C)(C)OCCCCCOC1OC(COC2OC(COC3OC(COCCCCOP(=O)(O)C(C)(C)C)C(O)C(O)C3O)C(O)C(O)C2O)C(O)C(O)C1O.CC(C)(C)OCCCCOCC1OC(OCC2OC(OCC3OC(OCCCCCOP(=O)(O)C(C)(C)C)C(O)C(O)C3O)C(O)C(O)C2O)C(O)C(O)C1O. The van der Waals surface area contributed by atoms with Crippen LogP contribution in [-0.4, -0.2) is 400 Å². The second kappa shape index (κ2) is 46.8. The maximum absolute atomic E-state index is 12.2. The summed E-state index contributed by atoms with van der Waals surface area (Å²) in [5.41, 5.74) is -0.503. The van der Waals surface area contributed by atoms with Crippen molar-refractivity contribution in [3.63, 3.8) is 0 Å². The number of unbranched alkanes of at least 4 members (excludes halogenated alkanes) is 6. The number of hydrogen-bond acceptors (Lipinski definition) is 38. The van der Waals surface area contributed by atoms with Gasteiger partial charge in [-0.05, 0) is 147 Å². The fraction of sp³-hybridized carbons (Fsp3) is 1.00. The van der Waals surface area contributed by atoms with Crippen LogP contribution in [-0.2, 0) is 94.0 Å². The highest BCUT2D eigenvalue weighted by atomic mass is 31.2. The van der Waals surface area contributed by atoms with Crippen LogP contribution in [0.25, 0.3) is 0 Å². The summed E-state index contributed by atoms with van der Waals surface area (Å²) in [4.78, 5) is 20.0. The summed E-state index contributed by atoms with van der Waals surface area (Å²) in [6.45, 7) is 20.7. The van der Waals surface area contributed by atoms with E-state index >= 15 is 0 Å². The predicted molar refractivity (Wildman–Crippen MR) is 386 cm³/mol. The van der Waals surface area contributed by atoms with E-state index in [1.807, 2.05) is 41.5 Å². The van der Waals surface area contributed by atoms with Crippen LogP contribution in [0.1, 0.15) is 147 Å². The van der Waals surface area contributed by atoms with Crippen LogP contribution in [0.5, 0.6) is 0 Å². The topological polar surface area (TPSA) is 605 Å². The molecule has 0 aliphatic carbocycles. The van der Waals surface area contributed by atoms with Gasteiger partial charge in [0.05, 0.1) is 74.4 Å². The van der Waals surface area contributed by atoms with E-state index in [0.717, 1.165) is 19.3 Å². The number of aliphatic hydroxyl groups excluding tert-OH is 18. The lowest BCUT2D eigenvalue weighted by Gasteiger charge is -2.44. The van der Waals surface area contributed by atoms with Crippen LogP contribution in [0.3, 0.4) is 0 Å². The number of hydrogen-bond donors (Lipinski definition) is 20. The summed E-state index contributed by atoms with van der Waals surface area (Å²) in [5, 5.41) is 188. The summed E-state index contributed by atoms with van der Waals surface area (Å²) in [6.07, 6.45) is -41.3. The molecule has 0 spiro atoms. The summed E-state index contributed by atoms with van der Waals surface area (Å²) >= 11 is 0. The molecule has 664 valence electrons. The molecule has 32 unspecified atom stereocenters. The van der Waals surface area contributed by atoms with Gasteiger partial charge in [0.25, 0.3) is 0 Å². The van der Waals surface area contributed by atoms with E-state index in [9.17, 15) is 111 Å². The molecule has 0 radical (unpaired) electrons.